The minimum absolute atomic E-state index is 0.0693. The number of hydrogen-bond acceptors (Lipinski definition) is 7. The molecule has 33 heavy (non-hydrogen) atoms. The van der Waals surface area contributed by atoms with Crippen LogP contribution in [0.4, 0.5) is 0 Å². The maximum Gasteiger partial charge on any atom is 0.494 e. The summed E-state index contributed by atoms with van der Waals surface area (Å²) in [5.74, 6) is -0.375. The maximum absolute atomic E-state index is 11.4. The van der Waals surface area contributed by atoms with E-state index in [0.29, 0.717) is 13.0 Å². The molecule has 0 saturated carbocycles. The summed E-state index contributed by atoms with van der Waals surface area (Å²) in [4.78, 5) is 11.4. The Labute approximate surface area is 194 Å². The number of benzene rings is 2. The number of carbonyl (C=O) groups excluding carboxylic acids is 1. The fourth-order valence-electron chi connectivity index (χ4n) is 3.92. The van der Waals surface area contributed by atoms with Gasteiger partial charge >= 0.3 is 13.1 Å². The van der Waals surface area contributed by atoms with E-state index in [1.54, 1.807) is 0 Å². The lowest BCUT2D eigenvalue weighted by molar-refractivity contribution is -0.286. The van der Waals surface area contributed by atoms with Crippen molar-refractivity contribution < 1.29 is 33.1 Å². The fraction of sp³-hybridized carbons (Fsp3) is 0.400. The van der Waals surface area contributed by atoms with Gasteiger partial charge in [-0.05, 0) is 11.9 Å². The molecule has 2 aromatic rings. The van der Waals surface area contributed by atoms with E-state index in [-0.39, 0.29) is 31.4 Å². The summed E-state index contributed by atoms with van der Waals surface area (Å²) in [6.45, 7) is 5.93. The summed E-state index contributed by atoms with van der Waals surface area (Å²) in [5, 5.41) is 0. The molecule has 0 radical (unpaired) electrons. The van der Waals surface area contributed by atoms with Crippen molar-refractivity contribution >= 4 is 18.6 Å². The van der Waals surface area contributed by atoms with Crippen molar-refractivity contribution in [2.75, 3.05) is 19.8 Å². The van der Waals surface area contributed by atoms with Gasteiger partial charge in [0.05, 0.1) is 19.3 Å². The third-order valence-corrected chi connectivity index (χ3v) is 5.59. The molecular weight excluding hydrogens is 423 g/mol. The smallest absolute Gasteiger partial charge is 0.463 e. The van der Waals surface area contributed by atoms with Gasteiger partial charge in [-0.25, -0.2) is 0 Å². The summed E-state index contributed by atoms with van der Waals surface area (Å²) in [6, 6.07) is 19.4. The van der Waals surface area contributed by atoms with E-state index >= 15 is 0 Å². The molecule has 2 aliphatic heterocycles. The first-order valence-corrected chi connectivity index (χ1v) is 11.2. The molecule has 2 aromatic carbocycles. The van der Waals surface area contributed by atoms with Gasteiger partial charge in [-0.15, -0.1) is 6.58 Å². The van der Waals surface area contributed by atoms with E-state index in [9.17, 15) is 4.79 Å². The molecule has 8 heteroatoms. The Hall–Kier alpha value is -2.49. The van der Waals surface area contributed by atoms with Gasteiger partial charge < -0.3 is 28.3 Å². The zero-order valence-corrected chi connectivity index (χ0v) is 18.7. The van der Waals surface area contributed by atoms with Crippen LogP contribution in [0.1, 0.15) is 25.2 Å². The Balaban J connectivity index is 1.43. The zero-order chi connectivity index (χ0) is 23.0. The highest BCUT2D eigenvalue weighted by Gasteiger charge is 2.41. The highest BCUT2D eigenvalue weighted by molar-refractivity contribution is 6.61. The fourth-order valence-corrected chi connectivity index (χ4v) is 3.92. The van der Waals surface area contributed by atoms with Crippen LogP contribution in [0.25, 0.3) is 0 Å². The van der Waals surface area contributed by atoms with Gasteiger partial charge in [0.25, 0.3) is 0 Å². The predicted molar refractivity (Wildman–Crippen MR) is 123 cm³/mol. The van der Waals surface area contributed by atoms with Crippen molar-refractivity contribution in [2.45, 2.75) is 44.1 Å². The predicted octanol–water partition coefficient (Wildman–Crippen LogP) is 2.80. The molecule has 0 unspecified atom stereocenters. The second-order valence-corrected chi connectivity index (χ2v) is 8.04. The van der Waals surface area contributed by atoms with Gasteiger partial charge in [-0.3, -0.25) is 4.79 Å². The molecule has 174 valence electrons. The topological polar surface area (TPSA) is 72.5 Å². The van der Waals surface area contributed by atoms with Gasteiger partial charge in [0, 0.05) is 12.5 Å². The molecule has 7 nitrogen and oxygen atoms in total. The molecule has 0 aliphatic carbocycles. The van der Waals surface area contributed by atoms with Crippen molar-refractivity contribution in [1.29, 1.82) is 0 Å². The SMILES string of the molecule is C=CC[C@H]1OB(c2ccccc2)OC[C@@H]1O[C@@H]1CO[C@@H](c2ccccc2)O[C@H]1COC(C)=O. The van der Waals surface area contributed by atoms with Crippen LogP contribution in [0, 0.1) is 0 Å². The Bertz CT molecular complexity index is 894. The average Bonchev–Trinajstić information content (AvgIpc) is 2.85. The van der Waals surface area contributed by atoms with Crippen molar-refractivity contribution in [3.05, 3.63) is 78.9 Å². The average molecular weight is 452 g/mol. The first-order chi connectivity index (χ1) is 16.1. The normalized spacial score (nSPS) is 27.7. The van der Waals surface area contributed by atoms with E-state index in [0.717, 1.165) is 11.0 Å². The molecular formula is C25H29BO7. The van der Waals surface area contributed by atoms with Crippen LogP contribution in [-0.2, 0) is 33.1 Å². The van der Waals surface area contributed by atoms with E-state index in [4.69, 9.17) is 28.3 Å². The minimum atomic E-state index is -0.558. The van der Waals surface area contributed by atoms with E-state index in [2.05, 4.69) is 6.58 Å². The van der Waals surface area contributed by atoms with Gasteiger partial charge in [-0.2, -0.15) is 0 Å². The van der Waals surface area contributed by atoms with Crippen LogP contribution >= 0.6 is 0 Å². The van der Waals surface area contributed by atoms with E-state index < -0.39 is 25.6 Å². The van der Waals surface area contributed by atoms with Crippen LogP contribution in [0.15, 0.2) is 73.3 Å². The molecule has 4 rings (SSSR count). The highest BCUT2D eigenvalue weighted by Crippen LogP contribution is 2.30. The Kier molecular flexibility index (Phi) is 8.31. The lowest BCUT2D eigenvalue weighted by Gasteiger charge is -2.41. The van der Waals surface area contributed by atoms with Crippen LogP contribution in [-0.4, -0.2) is 57.3 Å². The molecule has 0 bridgehead atoms. The summed E-state index contributed by atoms with van der Waals surface area (Å²) in [5.41, 5.74) is 1.84. The molecule has 2 aliphatic rings. The van der Waals surface area contributed by atoms with Gasteiger partial charge in [0.15, 0.2) is 6.29 Å². The Morgan fingerprint density at radius 2 is 1.76 bits per heavy atom. The van der Waals surface area contributed by atoms with Crippen molar-refractivity contribution in [3.63, 3.8) is 0 Å². The largest absolute Gasteiger partial charge is 0.494 e. The van der Waals surface area contributed by atoms with Crippen LogP contribution in [0.5, 0.6) is 0 Å². The van der Waals surface area contributed by atoms with Gasteiger partial charge in [0.1, 0.15) is 24.9 Å². The molecule has 0 spiro atoms. The third kappa shape index (κ3) is 6.31. The minimum Gasteiger partial charge on any atom is -0.463 e. The van der Waals surface area contributed by atoms with Crippen molar-refractivity contribution in [1.82, 2.24) is 0 Å². The number of hydrogen-bond donors (Lipinski definition) is 0. The zero-order valence-electron chi connectivity index (χ0n) is 18.7. The molecule has 0 amide bonds. The number of ether oxygens (including phenoxy) is 4. The highest BCUT2D eigenvalue weighted by atomic mass is 16.7. The van der Waals surface area contributed by atoms with Crippen LogP contribution in [0.2, 0.25) is 0 Å². The second-order valence-electron chi connectivity index (χ2n) is 8.04. The monoisotopic (exact) mass is 452 g/mol. The first kappa shape index (κ1) is 23.7. The standard InChI is InChI=1S/C25H29BO7/c1-3-10-21-24(17-30-26(33-21)20-13-8-5-9-14-20)31-22-16-29-25(19-11-6-4-7-12-19)32-23(22)15-28-18(2)27/h3-9,11-14,21-25H,1,10,15-17H2,2H3/t21-,22-,23+,24+,25-/m1/s1. The molecule has 0 N–H and O–H groups in total. The van der Waals surface area contributed by atoms with Crippen molar-refractivity contribution in [2.24, 2.45) is 0 Å². The van der Waals surface area contributed by atoms with E-state index in [1.165, 1.54) is 6.92 Å². The van der Waals surface area contributed by atoms with E-state index in [1.807, 2.05) is 66.7 Å². The van der Waals surface area contributed by atoms with Crippen LogP contribution in [0.3, 0.4) is 0 Å². The van der Waals surface area contributed by atoms with Crippen LogP contribution < -0.4 is 5.46 Å². The summed E-state index contributed by atoms with van der Waals surface area (Å²) in [7, 11) is -0.464. The quantitative estimate of drug-likeness (QED) is 0.347. The molecule has 2 saturated heterocycles. The Morgan fingerprint density at radius 3 is 2.45 bits per heavy atom. The molecule has 0 aromatic heterocycles. The lowest BCUT2D eigenvalue weighted by Crippen LogP contribution is -2.55. The Morgan fingerprint density at radius 1 is 1.06 bits per heavy atom. The first-order valence-electron chi connectivity index (χ1n) is 11.2. The number of rotatable bonds is 8. The number of carbonyl (C=O) groups is 1. The summed E-state index contributed by atoms with van der Waals surface area (Å²) in [6.07, 6.45) is 0.302. The summed E-state index contributed by atoms with van der Waals surface area (Å²) >= 11 is 0. The van der Waals surface area contributed by atoms with Gasteiger partial charge in [0.2, 0.25) is 0 Å². The third-order valence-electron chi connectivity index (χ3n) is 5.59. The van der Waals surface area contributed by atoms with Crippen molar-refractivity contribution in [3.8, 4) is 0 Å². The maximum atomic E-state index is 11.4. The summed E-state index contributed by atoms with van der Waals surface area (Å²) < 4.78 is 35.9. The second kappa shape index (κ2) is 11.6. The lowest BCUT2D eigenvalue weighted by atomic mass is 9.77. The van der Waals surface area contributed by atoms with Gasteiger partial charge in [-0.1, -0.05) is 66.7 Å². The molecule has 2 fully saturated rings. The molecule has 5 atom stereocenters. The molecule has 2 heterocycles. The number of esters is 1.